The molecule has 5 heteroatoms. The summed E-state index contributed by atoms with van der Waals surface area (Å²) in [7, 11) is 2.00. The second kappa shape index (κ2) is 7.49. The molecule has 3 N–H and O–H groups in total. The number of nitriles is 1. The molecule has 0 bridgehead atoms. The third-order valence-corrected chi connectivity index (χ3v) is 4.82. The van der Waals surface area contributed by atoms with Crippen molar-refractivity contribution in [2.75, 3.05) is 33.2 Å². The summed E-state index contributed by atoms with van der Waals surface area (Å²) in [4.78, 5) is 0. The summed E-state index contributed by atoms with van der Waals surface area (Å²) in [6, 6.07) is 10.3. The van der Waals surface area contributed by atoms with Crippen LogP contribution in [-0.4, -0.2) is 38.2 Å². The van der Waals surface area contributed by atoms with E-state index in [0.29, 0.717) is 5.92 Å². The molecule has 0 saturated carbocycles. The minimum atomic E-state index is 0.600. The van der Waals surface area contributed by atoms with Crippen LogP contribution in [0.5, 0.6) is 0 Å². The molecule has 1 aromatic carbocycles. The molecule has 2 aliphatic heterocycles. The quantitative estimate of drug-likeness (QED) is 0.789. The highest BCUT2D eigenvalue weighted by Gasteiger charge is 2.22. The zero-order chi connectivity index (χ0) is 16.1. The zero-order valence-corrected chi connectivity index (χ0v) is 13.7. The molecule has 0 amide bonds. The molecule has 23 heavy (non-hydrogen) atoms. The Kier molecular flexibility index (Phi) is 5.16. The highest BCUT2D eigenvalue weighted by molar-refractivity contribution is 5.33. The van der Waals surface area contributed by atoms with Gasteiger partial charge in [-0.05, 0) is 36.5 Å². The Morgan fingerprint density at radius 2 is 1.91 bits per heavy atom. The molecule has 3 rings (SSSR count). The Bertz CT molecular complexity index is 591. The predicted octanol–water partition coefficient (Wildman–Crippen LogP) is 1.67. The van der Waals surface area contributed by atoms with Crippen LogP contribution in [0.2, 0.25) is 0 Å². The van der Waals surface area contributed by atoms with Crippen LogP contribution in [0.1, 0.15) is 36.3 Å². The molecule has 0 spiro atoms. The van der Waals surface area contributed by atoms with Gasteiger partial charge in [-0.1, -0.05) is 12.1 Å². The smallest absolute Gasteiger partial charge is 0.0991 e. The summed E-state index contributed by atoms with van der Waals surface area (Å²) in [5.41, 5.74) is 8.28. The standard InChI is InChI=1S/C18H25N5/c1-20-17-6-9-21-13-18(17)22-23-10-7-16(8-11-23)15-4-2-14(12-19)3-5-15/h2-5,16,20-22H,6-11,13H2,1H3. The first-order chi connectivity index (χ1) is 11.3. The zero-order valence-electron chi connectivity index (χ0n) is 13.7. The van der Waals surface area contributed by atoms with Gasteiger partial charge in [0.1, 0.15) is 0 Å². The van der Waals surface area contributed by atoms with Gasteiger partial charge in [-0.3, -0.25) is 0 Å². The summed E-state index contributed by atoms with van der Waals surface area (Å²) in [6.45, 7) is 4.05. The monoisotopic (exact) mass is 311 g/mol. The van der Waals surface area contributed by atoms with Gasteiger partial charge < -0.3 is 16.1 Å². The number of hydrogen-bond acceptors (Lipinski definition) is 5. The van der Waals surface area contributed by atoms with Crippen LogP contribution in [-0.2, 0) is 0 Å². The maximum absolute atomic E-state index is 8.89. The van der Waals surface area contributed by atoms with E-state index in [-0.39, 0.29) is 0 Å². The van der Waals surface area contributed by atoms with E-state index in [1.165, 1.54) is 17.0 Å². The third kappa shape index (κ3) is 3.84. The van der Waals surface area contributed by atoms with E-state index in [2.05, 4.69) is 39.3 Å². The maximum Gasteiger partial charge on any atom is 0.0991 e. The fraction of sp³-hybridized carbons (Fsp3) is 0.500. The summed E-state index contributed by atoms with van der Waals surface area (Å²) in [5.74, 6) is 0.600. The van der Waals surface area contributed by atoms with Crippen molar-refractivity contribution in [1.29, 1.82) is 5.26 Å². The largest absolute Gasteiger partial charge is 0.390 e. The van der Waals surface area contributed by atoms with Gasteiger partial charge in [-0.15, -0.1) is 0 Å². The lowest BCUT2D eigenvalue weighted by atomic mass is 9.89. The van der Waals surface area contributed by atoms with Crippen LogP contribution < -0.4 is 16.1 Å². The molecule has 0 aromatic heterocycles. The average molecular weight is 311 g/mol. The Hall–Kier alpha value is -2.03. The Labute approximate surface area is 138 Å². The number of benzene rings is 1. The Morgan fingerprint density at radius 1 is 1.17 bits per heavy atom. The SMILES string of the molecule is CNC1=C(NN2CCC(c3ccc(C#N)cc3)CC2)CNCC1. The Morgan fingerprint density at radius 3 is 2.57 bits per heavy atom. The number of hydrogen-bond donors (Lipinski definition) is 3. The molecular weight excluding hydrogens is 286 g/mol. The van der Waals surface area contributed by atoms with Gasteiger partial charge in [0.15, 0.2) is 0 Å². The first kappa shape index (κ1) is 15.9. The van der Waals surface area contributed by atoms with Gasteiger partial charge in [0.25, 0.3) is 0 Å². The van der Waals surface area contributed by atoms with Gasteiger partial charge in [0.05, 0.1) is 17.3 Å². The van der Waals surface area contributed by atoms with Gasteiger partial charge in [0, 0.05) is 45.3 Å². The van der Waals surface area contributed by atoms with Crippen LogP contribution in [0.15, 0.2) is 35.7 Å². The second-order valence-electron chi connectivity index (χ2n) is 6.24. The molecule has 5 nitrogen and oxygen atoms in total. The lowest BCUT2D eigenvalue weighted by Gasteiger charge is -2.35. The predicted molar refractivity (Wildman–Crippen MR) is 91.4 cm³/mol. The maximum atomic E-state index is 8.89. The van der Waals surface area contributed by atoms with Crippen molar-refractivity contribution in [2.24, 2.45) is 0 Å². The van der Waals surface area contributed by atoms with Crippen LogP contribution >= 0.6 is 0 Å². The van der Waals surface area contributed by atoms with E-state index in [4.69, 9.17) is 5.26 Å². The van der Waals surface area contributed by atoms with E-state index >= 15 is 0 Å². The summed E-state index contributed by atoms with van der Waals surface area (Å²) < 4.78 is 0. The van der Waals surface area contributed by atoms with Crippen LogP contribution in [0.4, 0.5) is 0 Å². The van der Waals surface area contributed by atoms with Crippen molar-refractivity contribution in [1.82, 2.24) is 21.1 Å². The molecular formula is C18H25N5. The van der Waals surface area contributed by atoms with Crippen molar-refractivity contribution in [2.45, 2.75) is 25.2 Å². The normalized spacial score (nSPS) is 20.2. The lowest BCUT2D eigenvalue weighted by Crippen LogP contribution is -2.47. The molecule has 0 atom stereocenters. The number of hydrazine groups is 1. The number of piperidine rings is 1. The first-order valence-corrected chi connectivity index (χ1v) is 8.42. The Balaban J connectivity index is 1.56. The van der Waals surface area contributed by atoms with Crippen molar-refractivity contribution in [3.8, 4) is 6.07 Å². The highest BCUT2D eigenvalue weighted by Crippen LogP contribution is 2.27. The molecule has 1 fully saturated rings. The van der Waals surface area contributed by atoms with E-state index in [9.17, 15) is 0 Å². The summed E-state index contributed by atoms with van der Waals surface area (Å²) in [5, 5.41) is 18.0. The molecule has 122 valence electrons. The third-order valence-electron chi connectivity index (χ3n) is 4.82. The van der Waals surface area contributed by atoms with E-state index in [0.717, 1.165) is 51.0 Å². The fourth-order valence-electron chi connectivity index (χ4n) is 3.41. The van der Waals surface area contributed by atoms with Crippen molar-refractivity contribution >= 4 is 0 Å². The van der Waals surface area contributed by atoms with E-state index in [1.54, 1.807) is 0 Å². The fourth-order valence-corrected chi connectivity index (χ4v) is 3.41. The molecule has 0 unspecified atom stereocenters. The van der Waals surface area contributed by atoms with Gasteiger partial charge in [0.2, 0.25) is 0 Å². The minimum absolute atomic E-state index is 0.600. The van der Waals surface area contributed by atoms with Crippen LogP contribution in [0.25, 0.3) is 0 Å². The molecule has 1 saturated heterocycles. The molecule has 0 radical (unpaired) electrons. The average Bonchev–Trinajstić information content (AvgIpc) is 2.63. The molecule has 2 heterocycles. The van der Waals surface area contributed by atoms with E-state index in [1.807, 2.05) is 19.2 Å². The number of nitrogens with zero attached hydrogens (tertiary/aromatic N) is 2. The van der Waals surface area contributed by atoms with E-state index < -0.39 is 0 Å². The van der Waals surface area contributed by atoms with Crippen molar-refractivity contribution in [3.05, 3.63) is 46.8 Å². The summed E-state index contributed by atoms with van der Waals surface area (Å²) >= 11 is 0. The van der Waals surface area contributed by atoms with Gasteiger partial charge in [-0.25, -0.2) is 5.01 Å². The van der Waals surface area contributed by atoms with Gasteiger partial charge in [-0.2, -0.15) is 5.26 Å². The second-order valence-corrected chi connectivity index (χ2v) is 6.24. The minimum Gasteiger partial charge on any atom is -0.390 e. The van der Waals surface area contributed by atoms with Crippen LogP contribution in [0.3, 0.4) is 0 Å². The first-order valence-electron chi connectivity index (χ1n) is 8.42. The number of rotatable bonds is 4. The van der Waals surface area contributed by atoms with Crippen LogP contribution in [0, 0.1) is 11.3 Å². The van der Waals surface area contributed by atoms with Gasteiger partial charge >= 0.3 is 0 Å². The topological polar surface area (TPSA) is 63.1 Å². The molecule has 2 aliphatic rings. The molecule has 0 aliphatic carbocycles. The lowest BCUT2D eigenvalue weighted by molar-refractivity contribution is 0.158. The van der Waals surface area contributed by atoms with Crippen molar-refractivity contribution in [3.63, 3.8) is 0 Å². The van der Waals surface area contributed by atoms with Crippen molar-refractivity contribution < 1.29 is 0 Å². The number of nitrogens with one attached hydrogen (secondary N) is 3. The summed E-state index contributed by atoms with van der Waals surface area (Å²) in [6.07, 6.45) is 3.35. The molecule has 1 aromatic rings. The highest BCUT2D eigenvalue weighted by atomic mass is 15.5.